The second-order valence-corrected chi connectivity index (χ2v) is 6.22. The van der Waals surface area contributed by atoms with Crippen molar-refractivity contribution in [3.05, 3.63) is 29.6 Å². The number of pyridine rings is 1. The summed E-state index contributed by atoms with van der Waals surface area (Å²) in [6, 6.07) is 3.94. The van der Waals surface area contributed by atoms with E-state index in [1.54, 1.807) is 0 Å². The molecule has 6 heteroatoms. The van der Waals surface area contributed by atoms with E-state index in [-0.39, 0.29) is 17.4 Å². The van der Waals surface area contributed by atoms with Crippen LogP contribution in [-0.2, 0) is 11.0 Å². The van der Waals surface area contributed by atoms with Gasteiger partial charge < -0.3 is 0 Å². The Kier molecular flexibility index (Phi) is 3.67. The van der Waals surface area contributed by atoms with Crippen LogP contribution in [0.25, 0.3) is 0 Å². The molecule has 3 nitrogen and oxygen atoms in total. The number of nitriles is 1. The van der Waals surface area contributed by atoms with Gasteiger partial charge in [-0.25, -0.2) is 0 Å². The van der Waals surface area contributed by atoms with E-state index in [2.05, 4.69) is 4.98 Å². The molecule has 0 amide bonds. The normalized spacial score (nSPS) is 28.4. The van der Waals surface area contributed by atoms with E-state index in [1.165, 1.54) is 0 Å². The Bertz CT molecular complexity index is 618. The first-order chi connectivity index (χ1) is 10.4. The molecule has 22 heavy (non-hydrogen) atoms. The second-order valence-electron chi connectivity index (χ2n) is 6.22. The highest BCUT2D eigenvalue weighted by atomic mass is 19.4. The zero-order chi connectivity index (χ0) is 15.9. The minimum Gasteiger partial charge on any atom is -0.297 e. The highest BCUT2D eigenvalue weighted by molar-refractivity contribution is 5.90. The molecular formula is C16H15F3N2O. The fourth-order valence-corrected chi connectivity index (χ4v) is 3.83. The van der Waals surface area contributed by atoms with Gasteiger partial charge >= 0.3 is 6.18 Å². The van der Waals surface area contributed by atoms with Gasteiger partial charge in [-0.2, -0.15) is 18.4 Å². The Hall–Kier alpha value is -1.90. The molecule has 0 N–H and O–H groups in total. The molecule has 0 spiro atoms. The molecule has 4 unspecified atom stereocenters. The summed E-state index contributed by atoms with van der Waals surface area (Å²) in [6.45, 7) is 0. The van der Waals surface area contributed by atoms with Gasteiger partial charge in [0.05, 0.1) is 17.3 Å². The van der Waals surface area contributed by atoms with Crippen LogP contribution in [0.2, 0.25) is 0 Å². The molecule has 1 aromatic rings. The number of hydrogen-bond donors (Lipinski definition) is 0. The number of carbonyl (C=O) groups is 1. The number of Topliss-reactive ketones (excluding diaryl/α,β-unsaturated/α-hetero) is 1. The van der Waals surface area contributed by atoms with Crippen molar-refractivity contribution in [1.29, 1.82) is 5.26 Å². The third kappa shape index (κ3) is 2.60. The Labute approximate surface area is 126 Å². The fourth-order valence-electron chi connectivity index (χ4n) is 3.83. The summed E-state index contributed by atoms with van der Waals surface area (Å²) in [5.74, 6) is -0.470. The molecule has 0 saturated heterocycles. The van der Waals surface area contributed by atoms with Crippen LogP contribution in [-0.4, -0.2) is 10.8 Å². The first-order valence-corrected chi connectivity index (χ1v) is 7.36. The first-order valence-electron chi connectivity index (χ1n) is 7.36. The number of ketones is 1. The number of halogens is 3. The summed E-state index contributed by atoms with van der Waals surface area (Å²) in [6.07, 6.45) is 0.219. The number of hydrogen-bond acceptors (Lipinski definition) is 3. The van der Waals surface area contributed by atoms with Crippen LogP contribution in [0.1, 0.15) is 42.9 Å². The highest BCUT2D eigenvalue weighted by Crippen LogP contribution is 2.49. The van der Waals surface area contributed by atoms with E-state index < -0.39 is 17.7 Å². The van der Waals surface area contributed by atoms with Gasteiger partial charge in [0.2, 0.25) is 0 Å². The van der Waals surface area contributed by atoms with Gasteiger partial charge in [0.25, 0.3) is 0 Å². The maximum Gasteiger partial charge on any atom is 0.417 e. The average molecular weight is 308 g/mol. The maximum absolute atomic E-state index is 12.6. The maximum atomic E-state index is 12.6. The van der Waals surface area contributed by atoms with Crippen LogP contribution < -0.4 is 0 Å². The lowest BCUT2D eigenvalue weighted by Crippen LogP contribution is -2.26. The predicted molar refractivity (Wildman–Crippen MR) is 71.5 cm³/mol. The van der Waals surface area contributed by atoms with E-state index in [9.17, 15) is 23.2 Å². The Morgan fingerprint density at radius 2 is 2.09 bits per heavy atom. The molecular weight excluding hydrogens is 293 g/mol. The van der Waals surface area contributed by atoms with Crippen LogP contribution in [0.15, 0.2) is 18.3 Å². The number of alkyl halides is 3. The fraction of sp³-hybridized carbons (Fsp3) is 0.562. The molecule has 2 fully saturated rings. The minimum atomic E-state index is -4.47. The van der Waals surface area contributed by atoms with Crippen molar-refractivity contribution in [1.82, 2.24) is 4.98 Å². The number of aromatic nitrogens is 1. The molecule has 2 aliphatic rings. The molecule has 1 heterocycles. The van der Waals surface area contributed by atoms with Crippen molar-refractivity contribution in [2.75, 3.05) is 0 Å². The minimum absolute atomic E-state index is 0.114. The standard InChI is InChI=1S/C16H15F3N2O/c17-16(18,19)11-3-4-14(21-8-11)13(7-20)15(22)12-6-9-1-2-10(12)5-9/h3-4,8-10,12-13H,1-2,5-6H2. The Balaban J connectivity index is 1.79. The van der Waals surface area contributed by atoms with Gasteiger partial charge in [-0.1, -0.05) is 6.42 Å². The second kappa shape index (κ2) is 5.38. The van der Waals surface area contributed by atoms with E-state index in [0.717, 1.165) is 37.8 Å². The van der Waals surface area contributed by atoms with E-state index in [0.29, 0.717) is 18.0 Å². The van der Waals surface area contributed by atoms with Crippen LogP contribution >= 0.6 is 0 Å². The zero-order valence-electron chi connectivity index (χ0n) is 11.8. The number of carbonyl (C=O) groups excluding carboxylic acids is 1. The summed E-state index contributed by atoms with van der Waals surface area (Å²) >= 11 is 0. The van der Waals surface area contributed by atoms with Crippen LogP contribution in [0.4, 0.5) is 13.2 Å². The van der Waals surface area contributed by atoms with E-state index in [4.69, 9.17) is 0 Å². The van der Waals surface area contributed by atoms with Crippen LogP contribution in [0.5, 0.6) is 0 Å². The van der Waals surface area contributed by atoms with Gasteiger partial charge in [-0.15, -0.1) is 0 Å². The third-order valence-corrected chi connectivity index (χ3v) is 4.93. The number of rotatable bonds is 3. The average Bonchev–Trinajstić information content (AvgIpc) is 3.10. The SMILES string of the molecule is N#CC(C(=O)C1CC2CCC1C2)c1ccc(C(F)(F)F)cn1. The van der Waals surface area contributed by atoms with Crippen molar-refractivity contribution < 1.29 is 18.0 Å². The van der Waals surface area contributed by atoms with Gasteiger partial charge in [0.1, 0.15) is 5.92 Å². The van der Waals surface area contributed by atoms with Gasteiger partial charge in [0.15, 0.2) is 5.78 Å². The van der Waals surface area contributed by atoms with Crippen LogP contribution in [0.3, 0.4) is 0 Å². The molecule has 0 radical (unpaired) electrons. The van der Waals surface area contributed by atoms with Crippen molar-refractivity contribution in [2.24, 2.45) is 17.8 Å². The van der Waals surface area contributed by atoms with Crippen LogP contribution in [0, 0.1) is 29.1 Å². The number of nitrogens with zero attached hydrogens (tertiary/aromatic N) is 2. The molecule has 2 aliphatic carbocycles. The quantitative estimate of drug-likeness (QED) is 0.855. The third-order valence-electron chi connectivity index (χ3n) is 4.93. The smallest absolute Gasteiger partial charge is 0.297 e. The molecule has 2 saturated carbocycles. The van der Waals surface area contributed by atoms with E-state index in [1.807, 2.05) is 6.07 Å². The summed E-state index contributed by atoms with van der Waals surface area (Å²) in [5.41, 5.74) is -0.761. The van der Waals surface area contributed by atoms with Crippen molar-refractivity contribution in [3.8, 4) is 6.07 Å². The van der Waals surface area contributed by atoms with E-state index >= 15 is 0 Å². The predicted octanol–water partition coefficient (Wildman–Crippen LogP) is 3.71. The summed E-state index contributed by atoms with van der Waals surface area (Å²) in [7, 11) is 0. The summed E-state index contributed by atoms with van der Waals surface area (Å²) in [4.78, 5) is 16.3. The lowest BCUT2D eigenvalue weighted by atomic mass is 9.80. The monoisotopic (exact) mass is 308 g/mol. The molecule has 3 rings (SSSR count). The van der Waals surface area contributed by atoms with Crippen molar-refractivity contribution >= 4 is 5.78 Å². The Morgan fingerprint density at radius 3 is 2.55 bits per heavy atom. The van der Waals surface area contributed by atoms with Crippen molar-refractivity contribution in [3.63, 3.8) is 0 Å². The number of fused-ring (bicyclic) bond motifs is 2. The van der Waals surface area contributed by atoms with Gasteiger partial charge in [0, 0.05) is 12.1 Å². The molecule has 4 atom stereocenters. The first kappa shape index (κ1) is 15.0. The molecule has 2 bridgehead atoms. The molecule has 116 valence electrons. The highest BCUT2D eigenvalue weighted by Gasteiger charge is 2.45. The zero-order valence-corrected chi connectivity index (χ0v) is 11.8. The lowest BCUT2D eigenvalue weighted by Gasteiger charge is -2.22. The molecule has 0 aromatic carbocycles. The van der Waals surface area contributed by atoms with Gasteiger partial charge in [-0.3, -0.25) is 9.78 Å². The molecule has 0 aliphatic heterocycles. The molecule has 1 aromatic heterocycles. The topological polar surface area (TPSA) is 53.8 Å². The lowest BCUT2D eigenvalue weighted by molar-refractivity contribution is -0.137. The largest absolute Gasteiger partial charge is 0.417 e. The summed E-state index contributed by atoms with van der Waals surface area (Å²) < 4.78 is 37.6. The summed E-state index contributed by atoms with van der Waals surface area (Å²) in [5, 5.41) is 9.28. The van der Waals surface area contributed by atoms with Crippen molar-refractivity contribution in [2.45, 2.75) is 37.8 Å². The van der Waals surface area contributed by atoms with Gasteiger partial charge in [-0.05, 0) is 43.2 Å². The Morgan fingerprint density at radius 1 is 1.32 bits per heavy atom.